The molecule has 1 aliphatic heterocycles. The number of carbonyl (C=O) groups is 1. The van der Waals surface area contributed by atoms with Gasteiger partial charge in [0.15, 0.2) is 0 Å². The van der Waals surface area contributed by atoms with Gasteiger partial charge in [-0.15, -0.1) is 0 Å². The summed E-state index contributed by atoms with van der Waals surface area (Å²) < 4.78 is 32.9. The van der Waals surface area contributed by atoms with Crippen molar-refractivity contribution in [1.82, 2.24) is 4.31 Å². The second-order valence-electron chi connectivity index (χ2n) is 5.91. The van der Waals surface area contributed by atoms with Crippen LogP contribution in [0, 0.1) is 3.57 Å². The molecule has 2 aromatic carbocycles. The van der Waals surface area contributed by atoms with Crippen LogP contribution in [0.5, 0.6) is 0 Å². The Kier molecular flexibility index (Phi) is 6.64. The monoisotopic (exact) mass is 498 g/mol. The highest BCUT2D eigenvalue weighted by molar-refractivity contribution is 14.1. The summed E-state index contributed by atoms with van der Waals surface area (Å²) in [6.07, 6.45) is 3.07. The molecule has 1 saturated heterocycles. The number of amides is 1. The number of anilines is 1. The van der Waals surface area contributed by atoms with Crippen molar-refractivity contribution in [3.05, 3.63) is 63.7 Å². The zero-order chi connectivity index (χ0) is 19.3. The smallest absolute Gasteiger partial charge is 0.248 e. The molecular formula is C19H19IN2O4S. The van der Waals surface area contributed by atoms with Crippen molar-refractivity contribution in [1.29, 1.82) is 0 Å². The molecule has 0 spiro atoms. The highest BCUT2D eigenvalue weighted by Crippen LogP contribution is 2.18. The first-order valence-corrected chi connectivity index (χ1v) is 10.9. The van der Waals surface area contributed by atoms with Crippen molar-refractivity contribution in [2.24, 2.45) is 0 Å². The summed E-state index contributed by atoms with van der Waals surface area (Å²) >= 11 is 2.20. The molecule has 1 heterocycles. The SMILES string of the molecule is O=C(/C=C/c1ccc(S(=O)(=O)N2CCOCC2)cc1)Nc1ccc(I)cc1. The van der Waals surface area contributed by atoms with E-state index in [2.05, 4.69) is 27.9 Å². The third-order valence-electron chi connectivity index (χ3n) is 4.03. The number of sulfonamides is 1. The third kappa shape index (κ3) is 5.38. The van der Waals surface area contributed by atoms with E-state index < -0.39 is 10.0 Å². The minimum atomic E-state index is -3.50. The molecule has 1 amide bonds. The zero-order valence-electron chi connectivity index (χ0n) is 14.5. The van der Waals surface area contributed by atoms with Crippen LogP contribution in [0.4, 0.5) is 5.69 Å². The van der Waals surface area contributed by atoms with E-state index in [-0.39, 0.29) is 10.8 Å². The van der Waals surface area contributed by atoms with Crippen LogP contribution in [-0.2, 0) is 19.6 Å². The Morgan fingerprint density at radius 1 is 1.04 bits per heavy atom. The number of rotatable bonds is 5. The van der Waals surface area contributed by atoms with Crippen molar-refractivity contribution in [2.45, 2.75) is 4.90 Å². The average Bonchev–Trinajstić information content (AvgIpc) is 2.69. The van der Waals surface area contributed by atoms with Crippen LogP contribution in [0.3, 0.4) is 0 Å². The van der Waals surface area contributed by atoms with Crippen molar-refractivity contribution in [3.63, 3.8) is 0 Å². The number of ether oxygens (including phenoxy) is 1. The molecule has 0 bridgehead atoms. The quantitative estimate of drug-likeness (QED) is 0.508. The summed E-state index contributed by atoms with van der Waals surface area (Å²) in [6, 6.07) is 14.0. The molecule has 2 aromatic rings. The largest absolute Gasteiger partial charge is 0.379 e. The van der Waals surface area contributed by atoms with Gasteiger partial charge in [-0.25, -0.2) is 8.42 Å². The van der Waals surface area contributed by atoms with Crippen molar-refractivity contribution < 1.29 is 17.9 Å². The molecule has 0 aliphatic carbocycles. The Bertz CT molecular complexity index is 919. The predicted octanol–water partition coefficient (Wildman–Crippen LogP) is 2.96. The van der Waals surface area contributed by atoms with E-state index >= 15 is 0 Å². The molecule has 1 aliphatic rings. The highest BCUT2D eigenvalue weighted by Gasteiger charge is 2.25. The second-order valence-corrected chi connectivity index (χ2v) is 9.10. The third-order valence-corrected chi connectivity index (χ3v) is 6.66. The molecule has 3 rings (SSSR count). The fraction of sp³-hybridized carbons (Fsp3) is 0.211. The fourth-order valence-electron chi connectivity index (χ4n) is 2.58. The first-order valence-electron chi connectivity index (χ1n) is 8.38. The van der Waals surface area contributed by atoms with Gasteiger partial charge in [0, 0.05) is 28.4 Å². The summed E-state index contributed by atoms with van der Waals surface area (Å²) in [5.74, 6) is -0.249. The van der Waals surface area contributed by atoms with Gasteiger partial charge < -0.3 is 10.1 Å². The van der Waals surface area contributed by atoms with Gasteiger partial charge in [0.05, 0.1) is 18.1 Å². The number of halogens is 1. The van der Waals surface area contributed by atoms with Crippen LogP contribution in [0.15, 0.2) is 59.5 Å². The summed E-state index contributed by atoms with van der Waals surface area (Å²) in [4.78, 5) is 12.2. The lowest BCUT2D eigenvalue weighted by atomic mass is 10.2. The van der Waals surface area contributed by atoms with Gasteiger partial charge in [0.1, 0.15) is 0 Å². The maximum absolute atomic E-state index is 12.6. The molecule has 8 heteroatoms. The molecule has 0 unspecified atom stereocenters. The van der Waals surface area contributed by atoms with Crippen molar-refractivity contribution in [2.75, 3.05) is 31.6 Å². The molecule has 0 atom stereocenters. The summed E-state index contributed by atoms with van der Waals surface area (Å²) in [5, 5.41) is 2.77. The zero-order valence-corrected chi connectivity index (χ0v) is 17.4. The molecule has 6 nitrogen and oxygen atoms in total. The summed E-state index contributed by atoms with van der Waals surface area (Å²) in [7, 11) is -3.50. The molecule has 1 fully saturated rings. The first kappa shape index (κ1) is 20.0. The van der Waals surface area contributed by atoms with E-state index in [0.717, 1.165) is 14.8 Å². The van der Waals surface area contributed by atoms with Crippen molar-refractivity contribution in [3.8, 4) is 0 Å². The molecular weight excluding hydrogens is 479 g/mol. The van der Waals surface area contributed by atoms with Crippen LogP contribution >= 0.6 is 22.6 Å². The van der Waals surface area contributed by atoms with E-state index in [0.29, 0.717) is 26.3 Å². The Labute approximate surface area is 172 Å². The predicted molar refractivity (Wildman–Crippen MR) is 113 cm³/mol. The van der Waals surface area contributed by atoms with Gasteiger partial charge in [-0.2, -0.15) is 4.31 Å². The topological polar surface area (TPSA) is 75.7 Å². The number of nitrogens with zero attached hydrogens (tertiary/aromatic N) is 1. The summed E-state index contributed by atoms with van der Waals surface area (Å²) in [6.45, 7) is 1.55. The van der Waals surface area contributed by atoms with E-state index in [9.17, 15) is 13.2 Å². The fourth-order valence-corrected chi connectivity index (χ4v) is 4.34. The van der Waals surface area contributed by atoms with Gasteiger partial charge in [-0.1, -0.05) is 12.1 Å². The van der Waals surface area contributed by atoms with E-state index in [1.807, 2.05) is 24.3 Å². The molecule has 0 radical (unpaired) electrons. The van der Waals surface area contributed by atoms with Gasteiger partial charge in [-0.05, 0) is 70.6 Å². The minimum absolute atomic E-state index is 0.241. The standard InChI is InChI=1S/C19H19IN2O4S/c20-16-4-6-17(7-5-16)21-19(23)10-3-15-1-8-18(9-2-15)27(24,25)22-11-13-26-14-12-22/h1-10H,11-14H2,(H,21,23)/b10-3+. The van der Waals surface area contributed by atoms with E-state index in [1.165, 1.54) is 10.4 Å². The molecule has 0 saturated carbocycles. The number of hydrogen-bond donors (Lipinski definition) is 1. The first-order chi connectivity index (χ1) is 12.9. The molecule has 27 heavy (non-hydrogen) atoms. The van der Waals surface area contributed by atoms with E-state index in [4.69, 9.17) is 4.74 Å². The number of nitrogens with one attached hydrogen (secondary N) is 1. The van der Waals surface area contributed by atoms with Gasteiger partial charge in [-0.3, -0.25) is 4.79 Å². The lowest BCUT2D eigenvalue weighted by Gasteiger charge is -2.26. The number of benzene rings is 2. The van der Waals surface area contributed by atoms with Crippen LogP contribution in [0.2, 0.25) is 0 Å². The van der Waals surface area contributed by atoms with Crippen LogP contribution in [-0.4, -0.2) is 44.9 Å². The highest BCUT2D eigenvalue weighted by atomic mass is 127. The minimum Gasteiger partial charge on any atom is -0.379 e. The lowest BCUT2D eigenvalue weighted by molar-refractivity contribution is -0.111. The Hall–Kier alpha value is -1.75. The summed E-state index contributed by atoms with van der Waals surface area (Å²) in [5.41, 5.74) is 1.46. The average molecular weight is 498 g/mol. The normalized spacial score (nSPS) is 15.7. The van der Waals surface area contributed by atoms with E-state index in [1.54, 1.807) is 30.3 Å². The van der Waals surface area contributed by atoms with Crippen molar-refractivity contribution >= 4 is 50.3 Å². The van der Waals surface area contributed by atoms with Crippen LogP contribution in [0.25, 0.3) is 6.08 Å². The van der Waals surface area contributed by atoms with Gasteiger partial charge in [0.2, 0.25) is 15.9 Å². The van der Waals surface area contributed by atoms with Gasteiger partial charge >= 0.3 is 0 Å². The Morgan fingerprint density at radius 3 is 2.30 bits per heavy atom. The molecule has 1 N–H and O–H groups in total. The number of hydrogen-bond acceptors (Lipinski definition) is 4. The number of carbonyl (C=O) groups excluding carboxylic acids is 1. The maximum Gasteiger partial charge on any atom is 0.248 e. The Morgan fingerprint density at radius 2 is 1.67 bits per heavy atom. The molecule has 0 aromatic heterocycles. The van der Waals surface area contributed by atoms with Gasteiger partial charge in [0.25, 0.3) is 0 Å². The Balaban J connectivity index is 1.63. The second kappa shape index (κ2) is 8.96. The lowest BCUT2D eigenvalue weighted by Crippen LogP contribution is -2.40. The maximum atomic E-state index is 12.6. The van der Waals surface area contributed by atoms with Crippen LogP contribution in [0.1, 0.15) is 5.56 Å². The number of morpholine rings is 1. The molecule has 142 valence electrons. The van der Waals surface area contributed by atoms with Crippen LogP contribution < -0.4 is 5.32 Å².